The zero-order chi connectivity index (χ0) is 26.5. The highest BCUT2D eigenvalue weighted by molar-refractivity contribution is 5.97. The molecule has 4 aromatic rings. The summed E-state index contributed by atoms with van der Waals surface area (Å²) >= 11 is 0. The number of nitrogens with zero attached hydrogens (tertiary/aromatic N) is 4. The van der Waals surface area contributed by atoms with Crippen LogP contribution in [0.3, 0.4) is 0 Å². The van der Waals surface area contributed by atoms with Gasteiger partial charge in [0.25, 0.3) is 5.91 Å². The Bertz CT molecular complexity index is 1550. The van der Waals surface area contributed by atoms with E-state index in [1.807, 2.05) is 0 Å². The van der Waals surface area contributed by atoms with Gasteiger partial charge in [-0.2, -0.15) is 0 Å². The summed E-state index contributed by atoms with van der Waals surface area (Å²) in [6.45, 7) is 2.96. The van der Waals surface area contributed by atoms with Crippen molar-refractivity contribution in [1.82, 2.24) is 25.3 Å². The lowest BCUT2D eigenvalue weighted by Crippen LogP contribution is -2.41. The van der Waals surface area contributed by atoms with Crippen LogP contribution in [-0.4, -0.2) is 50.1 Å². The number of ether oxygens (including phenoxy) is 1. The molecule has 2 aromatic carbocycles. The van der Waals surface area contributed by atoms with Crippen LogP contribution < -0.4 is 15.8 Å². The van der Waals surface area contributed by atoms with Gasteiger partial charge < -0.3 is 20.9 Å². The topological polar surface area (TPSA) is 145 Å². The molecule has 11 heteroatoms. The fourth-order valence-corrected chi connectivity index (χ4v) is 4.29. The molecule has 5 rings (SSSR count). The quantitative estimate of drug-likeness (QED) is 0.364. The SMILES string of the molecule is Cn1nnc2cc(C(=O)NC[C@](C)(O)c3cc4c(c(-c5ccc(F)cc5)n3)OC[C@]4(C)C(N)=O)ccc21. The van der Waals surface area contributed by atoms with Crippen LogP contribution in [0.4, 0.5) is 4.39 Å². The first kappa shape index (κ1) is 24.3. The van der Waals surface area contributed by atoms with Crippen molar-refractivity contribution in [3.05, 3.63) is 71.2 Å². The van der Waals surface area contributed by atoms with Crippen LogP contribution >= 0.6 is 0 Å². The van der Waals surface area contributed by atoms with Crippen molar-refractivity contribution < 1.29 is 23.8 Å². The standard InChI is InChI=1S/C26H25FN6O4/c1-25(24(28)35)13-37-22-17(25)11-20(30-21(22)14-4-7-16(27)8-5-14)26(2,36)12-29-23(34)15-6-9-19-18(10-15)31-32-33(19)3/h4-11,36H,12-13H2,1-3H3,(H2,28,35)(H,29,34)/t25-,26-/m0/s1. The third-order valence-electron chi connectivity index (χ3n) is 6.75. The van der Waals surface area contributed by atoms with Crippen LogP contribution in [0.15, 0.2) is 48.5 Å². The normalized spacial score (nSPS) is 18.2. The summed E-state index contributed by atoms with van der Waals surface area (Å²) in [7, 11) is 1.75. The number of halogens is 1. The van der Waals surface area contributed by atoms with Crippen LogP contribution in [0.25, 0.3) is 22.3 Å². The average molecular weight is 505 g/mol. The number of carbonyl (C=O) groups excluding carboxylic acids is 2. The first-order chi connectivity index (χ1) is 17.5. The van der Waals surface area contributed by atoms with Crippen LogP contribution in [-0.2, 0) is 22.9 Å². The molecule has 37 heavy (non-hydrogen) atoms. The Morgan fingerprint density at radius 3 is 2.68 bits per heavy atom. The van der Waals surface area contributed by atoms with Gasteiger partial charge in [-0.25, -0.2) is 14.1 Å². The molecule has 0 bridgehead atoms. The Labute approximate surface area is 211 Å². The van der Waals surface area contributed by atoms with Gasteiger partial charge in [0.1, 0.15) is 40.4 Å². The van der Waals surface area contributed by atoms with E-state index in [0.29, 0.717) is 33.7 Å². The highest BCUT2D eigenvalue weighted by atomic mass is 19.1. The van der Waals surface area contributed by atoms with Gasteiger partial charge in [0.15, 0.2) is 0 Å². The Kier molecular flexibility index (Phi) is 5.67. The van der Waals surface area contributed by atoms with Gasteiger partial charge in [-0.1, -0.05) is 5.21 Å². The Balaban J connectivity index is 1.49. The molecule has 0 unspecified atom stereocenters. The predicted molar refractivity (Wildman–Crippen MR) is 132 cm³/mol. The number of hydrogen-bond acceptors (Lipinski definition) is 7. The minimum absolute atomic E-state index is 0.000724. The van der Waals surface area contributed by atoms with Crippen LogP contribution in [0.2, 0.25) is 0 Å². The molecule has 0 fully saturated rings. The number of hydrogen-bond donors (Lipinski definition) is 3. The van der Waals surface area contributed by atoms with Crippen molar-refractivity contribution in [1.29, 1.82) is 0 Å². The number of aryl methyl sites for hydroxylation is 1. The van der Waals surface area contributed by atoms with Gasteiger partial charge in [0.05, 0.1) is 17.8 Å². The van der Waals surface area contributed by atoms with Gasteiger partial charge in [-0.3, -0.25) is 9.59 Å². The van der Waals surface area contributed by atoms with Crippen molar-refractivity contribution in [2.24, 2.45) is 12.8 Å². The van der Waals surface area contributed by atoms with Gasteiger partial charge in [-0.05, 0) is 62.4 Å². The first-order valence-corrected chi connectivity index (χ1v) is 11.5. The van der Waals surface area contributed by atoms with E-state index in [0.717, 1.165) is 5.52 Å². The number of nitrogens with one attached hydrogen (secondary N) is 1. The summed E-state index contributed by atoms with van der Waals surface area (Å²) in [6, 6.07) is 12.2. The molecule has 0 aliphatic carbocycles. The molecule has 190 valence electrons. The fourth-order valence-electron chi connectivity index (χ4n) is 4.29. The van der Waals surface area contributed by atoms with Gasteiger partial charge in [0.2, 0.25) is 5.91 Å². The summed E-state index contributed by atoms with van der Waals surface area (Å²) in [5.74, 6) is -1.10. The van der Waals surface area contributed by atoms with E-state index in [9.17, 15) is 19.1 Å². The number of nitrogens with two attached hydrogens (primary N) is 1. The fraction of sp³-hybridized carbons (Fsp3) is 0.269. The highest BCUT2D eigenvalue weighted by Gasteiger charge is 2.45. The number of primary amides is 1. The van der Waals surface area contributed by atoms with Crippen LogP contribution in [0.1, 0.15) is 35.5 Å². The lowest BCUT2D eigenvalue weighted by molar-refractivity contribution is -0.123. The number of fused-ring (bicyclic) bond motifs is 2. The summed E-state index contributed by atoms with van der Waals surface area (Å²) in [5.41, 5.74) is 6.11. The Morgan fingerprint density at radius 1 is 1.24 bits per heavy atom. The van der Waals surface area contributed by atoms with Crippen molar-refractivity contribution in [2.45, 2.75) is 24.9 Å². The molecule has 0 radical (unpaired) electrons. The van der Waals surface area contributed by atoms with Crippen molar-refractivity contribution in [3.8, 4) is 17.0 Å². The van der Waals surface area contributed by atoms with Crippen LogP contribution in [0, 0.1) is 5.82 Å². The summed E-state index contributed by atoms with van der Waals surface area (Å²) < 4.78 is 21.0. The lowest BCUT2D eigenvalue weighted by atomic mass is 9.82. The van der Waals surface area contributed by atoms with Crippen LogP contribution in [0.5, 0.6) is 5.75 Å². The van der Waals surface area contributed by atoms with E-state index in [4.69, 9.17) is 10.5 Å². The third-order valence-corrected chi connectivity index (χ3v) is 6.75. The number of aromatic nitrogens is 4. The second-order valence-corrected chi connectivity index (χ2v) is 9.60. The maximum Gasteiger partial charge on any atom is 0.251 e. The van der Waals surface area contributed by atoms with E-state index >= 15 is 0 Å². The zero-order valence-corrected chi connectivity index (χ0v) is 20.4. The largest absolute Gasteiger partial charge is 0.489 e. The van der Waals surface area contributed by atoms with Crippen molar-refractivity contribution in [3.63, 3.8) is 0 Å². The van der Waals surface area contributed by atoms with E-state index in [1.54, 1.807) is 42.9 Å². The molecule has 2 atom stereocenters. The smallest absolute Gasteiger partial charge is 0.251 e. The molecule has 4 N–H and O–H groups in total. The van der Waals surface area contributed by atoms with Crippen molar-refractivity contribution >= 4 is 22.8 Å². The molecular formula is C26H25FN6O4. The minimum Gasteiger partial charge on any atom is -0.489 e. The summed E-state index contributed by atoms with van der Waals surface area (Å²) in [5, 5.41) is 22.1. The van der Waals surface area contributed by atoms with E-state index in [2.05, 4.69) is 20.6 Å². The number of rotatable bonds is 6. The monoisotopic (exact) mass is 504 g/mol. The first-order valence-electron chi connectivity index (χ1n) is 11.5. The Morgan fingerprint density at radius 2 is 1.97 bits per heavy atom. The van der Waals surface area contributed by atoms with Gasteiger partial charge in [-0.15, -0.1) is 5.10 Å². The maximum atomic E-state index is 13.6. The van der Waals surface area contributed by atoms with Crippen molar-refractivity contribution in [2.75, 3.05) is 13.2 Å². The molecule has 0 saturated heterocycles. The molecule has 2 aromatic heterocycles. The molecule has 1 aliphatic rings. The molecule has 10 nitrogen and oxygen atoms in total. The lowest BCUT2D eigenvalue weighted by Gasteiger charge is -2.26. The molecule has 0 spiro atoms. The number of aliphatic hydroxyl groups is 1. The second kappa shape index (κ2) is 8.63. The third kappa shape index (κ3) is 4.16. The average Bonchev–Trinajstić information content (AvgIpc) is 3.43. The highest BCUT2D eigenvalue weighted by Crippen LogP contribution is 2.45. The predicted octanol–water partition coefficient (Wildman–Crippen LogP) is 1.94. The number of pyridine rings is 1. The molecule has 1 aliphatic heterocycles. The number of benzene rings is 2. The van der Waals surface area contributed by atoms with Gasteiger partial charge >= 0.3 is 0 Å². The van der Waals surface area contributed by atoms with E-state index in [1.165, 1.54) is 31.2 Å². The second-order valence-electron chi connectivity index (χ2n) is 9.60. The summed E-state index contributed by atoms with van der Waals surface area (Å²) in [4.78, 5) is 29.8. The zero-order valence-electron chi connectivity index (χ0n) is 20.4. The van der Waals surface area contributed by atoms with E-state index < -0.39 is 28.6 Å². The molecule has 2 amide bonds. The maximum absolute atomic E-state index is 13.6. The minimum atomic E-state index is -1.64. The van der Waals surface area contributed by atoms with E-state index in [-0.39, 0.29) is 18.8 Å². The molecule has 0 saturated carbocycles. The summed E-state index contributed by atoms with van der Waals surface area (Å²) in [6.07, 6.45) is 0. The van der Waals surface area contributed by atoms with Gasteiger partial charge in [0, 0.05) is 23.7 Å². The Hall–Kier alpha value is -4.38. The molecule has 3 heterocycles. The number of amides is 2. The number of carbonyl (C=O) groups is 2. The molecular weight excluding hydrogens is 479 g/mol.